The van der Waals surface area contributed by atoms with Crippen LogP contribution in [0.2, 0.25) is 5.02 Å². The summed E-state index contributed by atoms with van der Waals surface area (Å²) in [6, 6.07) is 7.48. The molecule has 2 aliphatic heterocycles. The highest BCUT2D eigenvalue weighted by Crippen LogP contribution is 2.38. The lowest BCUT2D eigenvalue weighted by atomic mass is 9.87. The van der Waals surface area contributed by atoms with Gasteiger partial charge in [-0.25, -0.2) is 9.48 Å². The highest BCUT2D eigenvalue weighted by atomic mass is 35.5. The Kier molecular flexibility index (Phi) is 4.86. The number of rotatable bonds is 3. The largest absolute Gasteiger partial charge is 0.381 e. The summed E-state index contributed by atoms with van der Waals surface area (Å²) in [5.74, 6) is 0.201. The Morgan fingerprint density at radius 3 is 2.74 bits per heavy atom. The van der Waals surface area contributed by atoms with Gasteiger partial charge in [-0.1, -0.05) is 25.4 Å². The van der Waals surface area contributed by atoms with Crippen molar-refractivity contribution < 1.29 is 9.53 Å². The van der Waals surface area contributed by atoms with Gasteiger partial charge in [0.1, 0.15) is 0 Å². The second-order valence-electron chi connectivity index (χ2n) is 7.89. The molecule has 7 heteroatoms. The lowest BCUT2D eigenvalue weighted by molar-refractivity contribution is 0.154. The normalized spacial score (nSPS) is 22.1. The molecule has 1 atom stereocenters. The van der Waals surface area contributed by atoms with E-state index in [0.29, 0.717) is 5.02 Å². The summed E-state index contributed by atoms with van der Waals surface area (Å²) in [6.07, 6.45) is 3.79. The minimum atomic E-state index is -0.0590. The molecule has 0 unspecified atom stereocenters. The Labute approximate surface area is 164 Å². The minimum Gasteiger partial charge on any atom is -0.381 e. The van der Waals surface area contributed by atoms with E-state index in [1.807, 2.05) is 33.8 Å². The number of likely N-dealkylation sites (tertiary alicyclic amines) is 1. The fourth-order valence-corrected chi connectivity index (χ4v) is 4.20. The van der Waals surface area contributed by atoms with Crippen LogP contribution in [0.1, 0.15) is 38.3 Å². The standard InChI is InChI=1S/C20H25ClN4O2/c1-14(2)18-17(11-22-25(18)16-5-3-15(21)4-6-16)23-19(26)24-9-7-20(12-24)8-10-27-13-20/h3-6,11,14H,7-10,12-13H2,1-2H3,(H,23,26)/t20-/m1/s1. The molecule has 0 radical (unpaired) electrons. The van der Waals surface area contributed by atoms with Crippen molar-refractivity contribution in [3.63, 3.8) is 0 Å². The number of benzene rings is 1. The van der Waals surface area contributed by atoms with Crippen LogP contribution in [-0.2, 0) is 4.74 Å². The zero-order chi connectivity index (χ0) is 19.0. The summed E-state index contributed by atoms with van der Waals surface area (Å²) in [4.78, 5) is 14.7. The molecule has 6 nitrogen and oxygen atoms in total. The van der Waals surface area contributed by atoms with Crippen LogP contribution in [0.15, 0.2) is 30.5 Å². The fourth-order valence-electron chi connectivity index (χ4n) is 4.07. The van der Waals surface area contributed by atoms with Crippen LogP contribution in [0, 0.1) is 5.41 Å². The maximum absolute atomic E-state index is 12.8. The maximum atomic E-state index is 12.8. The average Bonchev–Trinajstić information content (AvgIpc) is 3.37. The number of carbonyl (C=O) groups is 1. The molecule has 2 aromatic rings. The molecule has 0 bridgehead atoms. The Morgan fingerprint density at radius 1 is 1.30 bits per heavy atom. The Balaban J connectivity index is 1.53. The van der Waals surface area contributed by atoms with Crippen LogP contribution >= 0.6 is 11.6 Å². The number of halogens is 1. The van der Waals surface area contributed by atoms with Crippen LogP contribution in [0.3, 0.4) is 0 Å². The van der Waals surface area contributed by atoms with Crippen LogP contribution in [-0.4, -0.2) is 47.0 Å². The Morgan fingerprint density at radius 2 is 2.07 bits per heavy atom. The summed E-state index contributed by atoms with van der Waals surface area (Å²) in [5.41, 5.74) is 2.82. The monoisotopic (exact) mass is 388 g/mol. The van der Waals surface area contributed by atoms with Gasteiger partial charge < -0.3 is 15.0 Å². The van der Waals surface area contributed by atoms with Gasteiger partial charge in [0.2, 0.25) is 0 Å². The molecule has 1 N–H and O–H groups in total. The molecule has 1 aromatic heterocycles. The SMILES string of the molecule is CC(C)c1c(NC(=O)N2CC[C@@]3(CCOC3)C2)cnn1-c1ccc(Cl)cc1. The molecule has 144 valence electrons. The third-order valence-electron chi connectivity index (χ3n) is 5.58. The van der Waals surface area contributed by atoms with Gasteiger partial charge in [-0.2, -0.15) is 5.10 Å². The smallest absolute Gasteiger partial charge is 0.321 e. The number of anilines is 1. The predicted octanol–water partition coefficient (Wildman–Crippen LogP) is 4.29. The van der Waals surface area contributed by atoms with E-state index >= 15 is 0 Å². The van der Waals surface area contributed by atoms with Gasteiger partial charge >= 0.3 is 6.03 Å². The first-order valence-corrected chi connectivity index (χ1v) is 9.83. The molecular formula is C20H25ClN4O2. The molecule has 3 heterocycles. The third-order valence-corrected chi connectivity index (χ3v) is 5.83. The van der Waals surface area contributed by atoms with E-state index in [4.69, 9.17) is 16.3 Å². The number of nitrogens with zero attached hydrogens (tertiary/aromatic N) is 3. The molecule has 2 amide bonds. The van der Waals surface area contributed by atoms with Crippen molar-refractivity contribution in [2.24, 2.45) is 5.41 Å². The second kappa shape index (κ2) is 7.17. The second-order valence-corrected chi connectivity index (χ2v) is 8.33. The molecule has 2 saturated heterocycles. The number of nitrogens with one attached hydrogen (secondary N) is 1. The van der Waals surface area contributed by atoms with Crippen molar-refractivity contribution in [2.75, 3.05) is 31.6 Å². The molecule has 0 aliphatic carbocycles. The Hall–Kier alpha value is -2.05. The van der Waals surface area contributed by atoms with E-state index < -0.39 is 0 Å². The maximum Gasteiger partial charge on any atom is 0.321 e. The lowest BCUT2D eigenvalue weighted by Gasteiger charge is -2.22. The van der Waals surface area contributed by atoms with E-state index in [9.17, 15) is 4.79 Å². The highest BCUT2D eigenvalue weighted by molar-refractivity contribution is 6.30. The summed E-state index contributed by atoms with van der Waals surface area (Å²) >= 11 is 6.00. The number of amides is 2. The van der Waals surface area contributed by atoms with Gasteiger partial charge in [0.15, 0.2) is 0 Å². The van der Waals surface area contributed by atoms with E-state index in [0.717, 1.165) is 56.2 Å². The topological polar surface area (TPSA) is 59.4 Å². The van der Waals surface area contributed by atoms with Gasteiger partial charge in [0, 0.05) is 30.1 Å². The first-order valence-electron chi connectivity index (χ1n) is 9.45. The van der Waals surface area contributed by atoms with Crippen molar-refractivity contribution >= 4 is 23.3 Å². The molecule has 4 rings (SSSR count). The van der Waals surface area contributed by atoms with Gasteiger partial charge in [0.25, 0.3) is 0 Å². The van der Waals surface area contributed by atoms with E-state index in [-0.39, 0.29) is 17.4 Å². The van der Waals surface area contributed by atoms with Gasteiger partial charge in [0.05, 0.1) is 29.9 Å². The number of aromatic nitrogens is 2. The van der Waals surface area contributed by atoms with Crippen molar-refractivity contribution in [3.8, 4) is 5.69 Å². The Bertz CT molecular complexity index is 825. The van der Waals surface area contributed by atoms with Crippen LogP contribution in [0.25, 0.3) is 5.69 Å². The van der Waals surface area contributed by atoms with Crippen molar-refractivity contribution in [3.05, 3.63) is 41.2 Å². The molecule has 1 spiro atoms. The third kappa shape index (κ3) is 3.56. The quantitative estimate of drug-likeness (QED) is 0.853. The van der Waals surface area contributed by atoms with E-state index in [2.05, 4.69) is 24.3 Å². The van der Waals surface area contributed by atoms with Crippen molar-refractivity contribution in [1.82, 2.24) is 14.7 Å². The zero-order valence-corrected chi connectivity index (χ0v) is 16.5. The first kappa shape index (κ1) is 18.3. The molecule has 2 fully saturated rings. The van der Waals surface area contributed by atoms with Crippen LogP contribution < -0.4 is 5.32 Å². The summed E-state index contributed by atoms with van der Waals surface area (Å²) in [6.45, 7) is 7.31. The van der Waals surface area contributed by atoms with E-state index in [1.54, 1.807) is 6.20 Å². The molecule has 1 aromatic carbocycles. The van der Waals surface area contributed by atoms with Crippen LogP contribution in [0.5, 0.6) is 0 Å². The van der Waals surface area contributed by atoms with E-state index in [1.165, 1.54) is 0 Å². The predicted molar refractivity (Wildman–Crippen MR) is 106 cm³/mol. The zero-order valence-electron chi connectivity index (χ0n) is 15.7. The average molecular weight is 389 g/mol. The molecule has 27 heavy (non-hydrogen) atoms. The highest BCUT2D eigenvalue weighted by Gasteiger charge is 2.42. The molecule has 0 saturated carbocycles. The fraction of sp³-hybridized carbons (Fsp3) is 0.500. The molecule has 2 aliphatic rings. The number of ether oxygens (including phenoxy) is 1. The molecular weight excluding hydrogens is 364 g/mol. The number of urea groups is 1. The summed E-state index contributed by atoms with van der Waals surface area (Å²) in [5, 5.41) is 8.27. The van der Waals surface area contributed by atoms with Crippen molar-refractivity contribution in [1.29, 1.82) is 0 Å². The first-order chi connectivity index (χ1) is 13.0. The van der Waals surface area contributed by atoms with Gasteiger partial charge in [-0.15, -0.1) is 0 Å². The number of carbonyl (C=O) groups excluding carboxylic acids is 1. The summed E-state index contributed by atoms with van der Waals surface area (Å²) in [7, 11) is 0. The van der Waals surface area contributed by atoms with Crippen molar-refractivity contribution in [2.45, 2.75) is 32.6 Å². The number of hydrogen-bond donors (Lipinski definition) is 1. The minimum absolute atomic E-state index is 0.0590. The van der Waals surface area contributed by atoms with Gasteiger partial charge in [-0.3, -0.25) is 0 Å². The lowest BCUT2D eigenvalue weighted by Crippen LogP contribution is -2.35. The number of hydrogen-bond acceptors (Lipinski definition) is 3. The summed E-state index contributed by atoms with van der Waals surface area (Å²) < 4.78 is 7.43. The van der Waals surface area contributed by atoms with Gasteiger partial charge in [-0.05, 0) is 43.0 Å². The van der Waals surface area contributed by atoms with Crippen LogP contribution in [0.4, 0.5) is 10.5 Å².